The molecule has 0 aromatic heterocycles. The maximum atomic E-state index is 11.6. The topological polar surface area (TPSA) is 83.9 Å². The highest BCUT2D eigenvalue weighted by atomic mass is 32.2. The molecule has 6 nitrogen and oxygen atoms in total. The van der Waals surface area contributed by atoms with Gasteiger partial charge in [-0.25, -0.2) is 13.2 Å². The molecule has 1 aliphatic rings. The molecule has 0 bridgehead atoms. The molecular weight excluding hydrogens is 294 g/mol. The third kappa shape index (κ3) is 3.74. The summed E-state index contributed by atoms with van der Waals surface area (Å²) in [6, 6.07) is 4.95. The molecule has 1 heterocycles. The number of carboxylic acid groups (broad SMARTS) is 1. The Morgan fingerprint density at radius 3 is 2.76 bits per heavy atom. The number of carboxylic acids is 1. The molecule has 1 aromatic rings. The zero-order valence-corrected chi connectivity index (χ0v) is 12.9. The second-order valence-electron chi connectivity index (χ2n) is 5.27. The second kappa shape index (κ2) is 6.03. The molecule has 0 amide bonds. The molecule has 1 saturated heterocycles. The number of hydrogen-bond acceptors (Lipinski definition) is 5. The van der Waals surface area contributed by atoms with Gasteiger partial charge in [0.2, 0.25) is 0 Å². The van der Waals surface area contributed by atoms with E-state index in [0.29, 0.717) is 18.8 Å². The molecule has 0 saturated carbocycles. The van der Waals surface area contributed by atoms with Crippen LogP contribution in [0.4, 0.5) is 0 Å². The van der Waals surface area contributed by atoms with Crippen molar-refractivity contribution in [2.45, 2.75) is 19.5 Å². The molecule has 1 unspecified atom stereocenters. The van der Waals surface area contributed by atoms with Crippen LogP contribution in [0.5, 0.6) is 5.75 Å². The minimum absolute atomic E-state index is 0.0703. The summed E-state index contributed by atoms with van der Waals surface area (Å²) < 4.78 is 28.2. The van der Waals surface area contributed by atoms with Crippen LogP contribution in [0, 0.1) is 0 Å². The molecule has 0 spiro atoms. The van der Waals surface area contributed by atoms with Gasteiger partial charge in [0.25, 0.3) is 0 Å². The van der Waals surface area contributed by atoms with Crippen molar-refractivity contribution in [2.75, 3.05) is 25.2 Å². The fourth-order valence-corrected chi connectivity index (χ4v) is 4.15. The molecule has 2 rings (SSSR count). The molecule has 0 aliphatic carbocycles. The molecule has 21 heavy (non-hydrogen) atoms. The van der Waals surface area contributed by atoms with Crippen LogP contribution >= 0.6 is 0 Å². The van der Waals surface area contributed by atoms with Crippen LogP contribution in [0.15, 0.2) is 18.2 Å². The maximum absolute atomic E-state index is 11.6. The van der Waals surface area contributed by atoms with Crippen molar-refractivity contribution >= 4 is 15.8 Å². The minimum atomic E-state index is -2.95. The third-order valence-corrected chi connectivity index (χ3v) is 5.48. The first kappa shape index (κ1) is 15.8. The van der Waals surface area contributed by atoms with Crippen molar-refractivity contribution in [3.63, 3.8) is 0 Å². The number of rotatable bonds is 4. The van der Waals surface area contributed by atoms with Gasteiger partial charge in [0.1, 0.15) is 11.3 Å². The predicted molar refractivity (Wildman–Crippen MR) is 78.5 cm³/mol. The van der Waals surface area contributed by atoms with Crippen LogP contribution < -0.4 is 4.74 Å². The first-order chi connectivity index (χ1) is 9.82. The minimum Gasteiger partial charge on any atom is -0.496 e. The van der Waals surface area contributed by atoms with E-state index in [1.807, 2.05) is 6.92 Å². The van der Waals surface area contributed by atoms with Crippen molar-refractivity contribution in [3.05, 3.63) is 29.3 Å². The van der Waals surface area contributed by atoms with Gasteiger partial charge in [0.15, 0.2) is 9.84 Å². The molecule has 1 fully saturated rings. The lowest BCUT2D eigenvalue weighted by molar-refractivity contribution is 0.0693. The van der Waals surface area contributed by atoms with E-state index in [9.17, 15) is 18.3 Å². The molecular formula is C14H19NO5S. The van der Waals surface area contributed by atoms with Gasteiger partial charge in [-0.05, 0) is 24.6 Å². The zero-order valence-electron chi connectivity index (χ0n) is 12.1. The monoisotopic (exact) mass is 313 g/mol. The zero-order chi connectivity index (χ0) is 15.6. The molecule has 0 radical (unpaired) electrons. The van der Waals surface area contributed by atoms with Crippen molar-refractivity contribution in [1.82, 2.24) is 4.90 Å². The predicted octanol–water partition coefficient (Wildman–Crippen LogP) is 1.01. The average molecular weight is 313 g/mol. The molecule has 1 N–H and O–H groups in total. The quantitative estimate of drug-likeness (QED) is 0.893. The van der Waals surface area contributed by atoms with E-state index in [1.165, 1.54) is 7.11 Å². The number of carbonyl (C=O) groups is 1. The van der Waals surface area contributed by atoms with E-state index in [4.69, 9.17) is 4.74 Å². The Morgan fingerprint density at radius 1 is 1.48 bits per heavy atom. The highest BCUT2D eigenvalue weighted by Gasteiger charge is 2.28. The van der Waals surface area contributed by atoms with Crippen LogP contribution in [-0.4, -0.2) is 55.6 Å². The Hall–Kier alpha value is -1.60. The summed E-state index contributed by atoms with van der Waals surface area (Å²) in [5, 5.41) is 9.17. The highest BCUT2D eigenvalue weighted by Crippen LogP contribution is 2.22. The maximum Gasteiger partial charge on any atom is 0.339 e. The Balaban J connectivity index is 2.17. The van der Waals surface area contributed by atoms with Crippen LogP contribution in [0.1, 0.15) is 22.8 Å². The number of methoxy groups -OCH3 is 1. The summed E-state index contributed by atoms with van der Waals surface area (Å²) in [4.78, 5) is 13.3. The van der Waals surface area contributed by atoms with E-state index in [0.717, 1.165) is 5.56 Å². The van der Waals surface area contributed by atoms with Crippen LogP contribution in [-0.2, 0) is 16.4 Å². The van der Waals surface area contributed by atoms with Gasteiger partial charge in [0.05, 0.1) is 18.6 Å². The van der Waals surface area contributed by atoms with E-state index in [1.54, 1.807) is 18.2 Å². The van der Waals surface area contributed by atoms with Gasteiger partial charge in [-0.1, -0.05) is 6.07 Å². The summed E-state index contributed by atoms with van der Waals surface area (Å²) in [6.45, 7) is 2.87. The van der Waals surface area contributed by atoms with Gasteiger partial charge in [-0.3, -0.25) is 4.90 Å². The SMILES string of the molecule is COc1ccc(CN2CCS(=O)(=O)CC2C)cc1C(=O)O. The first-order valence-corrected chi connectivity index (χ1v) is 8.49. The number of nitrogens with zero attached hydrogens (tertiary/aromatic N) is 1. The van der Waals surface area contributed by atoms with E-state index in [-0.39, 0.29) is 23.1 Å². The number of sulfone groups is 1. The molecule has 1 atom stereocenters. The fraction of sp³-hybridized carbons (Fsp3) is 0.500. The number of hydrogen-bond donors (Lipinski definition) is 1. The Morgan fingerprint density at radius 2 is 2.19 bits per heavy atom. The smallest absolute Gasteiger partial charge is 0.339 e. The van der Waals surface area contributed by atoms with Crippen LogP contribution in [0.3, 0.4) is 0 Å². The Bertz CT molecular complexity index is 641. The molecule has 1 aromatic carbocycles. The first-order valence-electron chi connectivity index (χ1n) is 6.67. The van der Waals surface area contributed by atoms with E-state index in [2.05, 4.69) is 4.90 Å². The van der Waals surface area contributed by atoms with Gasteiger partial charge in [0, 0.05) is 19.1 Å². The van der Waals surface area contributed by atoms with Crippen molar-refractivity contribution < 1.29 is 23.1 Å². The summed E-state index contributed by atoms with van der Waals surface area (Å²) in [5.41, 5.74) is 0.951. The lowest BCUT2D eigenvalue weighted by atomic mass is 10.1. The summed E-state index contributed by atoms with van der Waals surface area (Å²) in [5.74, 6) is -0.419. The van der Waals surface area contributed by atoms with Crippen LogP contribution in [0.2, 0.25) is 0 Å². The number of ether oxygens (including phenoxy) is 1. The Kier molecular flexibility index (Phi) is 4.53. The van der Waals surface area contributed by atoms with Crippen molar-refractivity contribution in [2.24, 2.45) is 0 Å². The van der Waals surface area contributed by atoms with Gasteiger partial charge < -0.3 is 9.84 Å². The highest BCUT2D eigenvalue weighted by molar-refractivity contribution is 7.91. The van der Waals surface area contributed by atoms with Gasteiger partial charge in [-0.15, -0.1) is 0 Å². The molecule has 116 valence electrons. The number of benzene rings is 1. The largest absolute Gasteiger partial charge is 0.496 e. The third-order valence-electron chi connectivity index (χ3n) is 3.69. The lowest BCUT2D eigenvalue weighted by Gasteiger charge is -2.33. The number of aromatic carboxylic acids is 1. The fourth-order valence-electron chi connectivity index (χ4n) is 2.52. The average Bonchev–Trinajstić information content (AvgIpc) is 2.41. The van der Waals surface area contributed by atoms with Crippen molar-refractivity contribution in [3.8, 4) is 5.75 Å². The Labute approximate surface area is 124 Å². The van der Waals surface area contributed by atoms with E-state index >= 15 is 0 Å². The molecule has 1 aliphatic heterocycles. The second-order valence-corrected chi connectivity index (χ2v) is 7.50. The standard InChI is InChI=1S/C14H19NO5S/c1-10-9-21(18,19)6-5-15(10)8-11-3-4-13(20-2)12(7-11)14(16)17/h3-4,7,10H,5-6,8-9H2,1-2H3,(H,16,17). The summed E-state index contributed by atoms with van der Waals surface area (Å²) >= 11 is 0. The summed E-state index contributed by atoms with van der Waals surface area (Å²) in [6.07, 6.45) is 0. The van der Waals surface area contributed by atoms with Gasteiger partial charge >= 0.3 is 5.97 Å². The summed E-state index contributed by atoms with van der Waals surface area (Å²) in [7, 11) is -1.52. The van der Waals surface area contributed by atoms with E-state index < -0.39 is 15.8 Å². The molecule has 7 heteroatoms. The van der Waals surface area contributed by atoms with Gasteiger partial charge in [-0.2, -0.15) is 0 Å². The normalized spacial score (nSPS) is 21.9. The van der Waals surface area contributed by atoms with Crippen LogP contribution in [0.25, 0.3) is 0 Å². The van der Waals surface area contributed by atoms with Crippen molar-refractivity contribution in [1.29, 1.82) is 0 Å². The lowest BCUT2D eigenvalue weighted by Crippen LogP contribution is -2.46.